The average molecular weight is 184 g/mol. The third-order valence-electron chi connectivity index (χ3n) is 1.13. The smallest absolute Gasteiger partial charge is 0.271 e. The predicted octanol–water partition coefficient (Wildman–Crippen LogP) is 0.777. The van der Waals surface area contributed by atoms with Crippen LogP contribution in [-0.2, 0) is 14.2 Å². The molecule has 0 heterocycles. The Morgan fingerprint density at radius 1 is 1.08 bits per heavy atom. The van der Waals surface area contributed by atoms with E-state index in [0.717, 1.165) is 0 Å². The van der Waals surface area contributed by atoms with Gasteiger partial charge in [0.25, 0.3) is 6.48 Å². The number of nitrogens with zero attached hydrogens (tertiary/aromatic N) is 2. The molecule has 0 saturated heterocycles. The molecule has 0 saturated carbocycles. The van der Waals surface area contributed by atoms with Gasteiger partial charge in [-0.1, -0.05) is 0 Å². The van der Waals surface area contributed by atoms with Crippen molar-refractivity contribution in [2.45, 2.75) is 19.3 Å². The van der Waals surface area contributed by atoms with Gasteiger partial charge in [0.05, 0.1) is 38.2 Å². The van der Waals surface area contributed by atoms with Crippen LogP contribution < -0.4 is 0 Å². The molecule has 5 nitrogen and oxygen atoms in total. The minimum atomic E-state index is -0.776. The lowest BCUT2D eigenvalue weighted by molar-refractivity contribution is -0.275. The monoisotopic (exact) mass is 184 g/mol. The van der Waals surface area contributed by atoms with Gasteiger partial charge in [0.2, 0.25) is 0 Å². The number of hydrogen-bond donors (Lipinski definition) is 0. The summed E-state index contributed by atoms with van der Waals surface area (Å²) in [5.41, 5.74) is 0. The van der Waals surface area contributed by atoms with Gasteiger partial charge in [-0.05, 0) is 0 Å². The molecular formula is C8H12N2O3. The fraction of sp³-hybridized carbons (Fsp3) is 0.750. The molecule has 0 aliphatic rings. The van der Waals surface area contributed by atoms with Gasteiger partial charge in [-0.2, -0.15) is 10.5 Å². The topological polar surface area (TPSA) is 75.3 Å². The highest BCUT2D eigenvalue weighted by Gasteiger charge is 2.05. The van der Waals surface area contributed by atoms with E-state index in [1.807, 2.05) is 12.1 Å². The minimum Gasteiger partial charge on any atom is -0.333 e. The number of hydrogen-bond acceptors (Lipinski definition) is 5. The van der Waals surface area contributed by atoms with Crippen LogP contribution in [0.1, 0.15) is 12.8 Å². The van der Waals surface area contributed by atoms with Crippen molar-refractivity contribution in [3.8, 4) is 12.1 Å². The average Bonchev–Trinajstić information content (AvgIpc) is 2.16. The standard InChI is InChI=1S/C8H12N2O3/c1-11-8(12-6-2-4-9)13-7-3-5-10/h8H,2-3,6-7H2,1H3. The molecule has 0 aromatic rings. The Bertz CT molecular complexity index is 175. The van der Waals surface area contributed by atoms with E-state index in [-0.39, 0.29) is 13.2 Å². The van der Waals surface area contributed by atoms with Crippen LogP contribution in [-0.4, -0.2) is 26.8 Å². The van der Waals surface area contributed by atoms with Gasteiger partial charge in [-0.3, -0.25) is 0 Å². The molecule has 0 atom stereocenters. The molecule has 13 heavy (non-hydrogen) atoms. The fourth-order valence-corrected chi connectivity index (χ4v) is 0.586. The van der Waals surface area contributed by atoms with Crippen molar-refractivity contribution in [2.24, 2.45) is 0 Å². The van der Waals surface area contributed by atoms with Gasteiger partial charge in [0.1, 0.15) is 0 Å². The van der Waals surface area contributed by atoms with E-state index in [4.69, 9.17) is 24.7 Å². The molecule has 5 heteroatoms. The first-order valence-electron chi connectivity index (χ1n) is 3.85. The van der Waals surface area contributed by atoms with Gasteiger partial charge in [0, 0.05) is 7.11 Å². The highest BCUT2D eigenvalue weighted by molar-refractivity contribution is 4.68. The van der Waals surface area contributed by atoms with Crippen molar-refractivity contribution in [1.82, 2.24) is 0 Å². The Kier molecular flexibility index (Phi) is 8.17. The van der Waals surface area contributed by atoms with Crippen LogP contribution >= 0.6 is 0 Å². The molecule has 0 aliphatic carbocycles. The maximum Gasteiger partial charge on any atom is 0.271 e. The first-order valence-corrected chi connectivity index (χ1v) is 3.85. The van der Waals surface area contributed by atoms with Crippen molar-refractivity contribution in [1.29, 1.82) is 10.5 Å². The number of rotatable bonds is 7. The molecule has 0 rings (SSSR count). The normalized spacial score (nSPS) is 9.54. The number of nitriles is 2. The Hall–Kier alpha value is -1.14. The van der Waals surface area contributed by atoms with E-state index in [1.165, 1.54) is 7.11 Å². The molecule has 0 fully saturated rings. The van der Waals surface area contributed by atoms with Crippen LogP contribution in [0, 0.1) is 22.7 Å². The summed E-state index contributed by atoms with van der Waals surface area (Å²) < 4.78 is 14.8. The van der Waals surface area contributed by atoms with E-state index in [1.54, 1.807) is 0 Å². The van der Waals surface area contributed by atoms with Gasteiger partial charge in [0.15, 0.2) is 0 Å². The van der Waals surface area contributed by atoms with Crippen LogP contribution in [0.25, 0.3) is 0 Å². The molecule has 0 bridgehead atoms. The summed E-state index contributed by atoms with van der Waals surface area (Å²) in [6.07, 6.45) is 0.586. The summed E-state index contributed by atoms with van der Waals surface area (Å²) >= 11 is 0. The molecule has 72 valence electrons. The van der Waals surface area contributed by atoms with E-state index in [0.29, 0.717) is 12.8 Å². The summed E-state index contributed by atoms with van der Waals surface area (Å²) in [5, 5.41) is 16.4. The summed E-state index contributed by atoms with van der Waals surface area (Å²) in [5.74, 6) is 0. The Labute approximate surface area is 77.4 Å². The summed E-state index contributed by atoms with van der Waals surface area (Å²) in [6, 6.07) is 3.85. The van der Waals surface area contributed by atoms with Gasteiger partial charge < -0.3 is 14.2 Å². The quantitative estimate of drug-likeness (QED) is 0.431. The maximum atomic E-state index is 8.21. The van der Waals surface area contributed by atoms with Gasteiger partial charge in [-0.25, -0.2) is 0 Å². The summed E-state index contributed by atoms with van der Waals surface area (Å²) in [4.78, 5) is 0. The zero-order valence-electron chi connectivity index (χ0n) is 7.52. The predicted molar refractivity (Wildman–Crippen MR) is 43.2 cm³/mol. The zero-order chi connectivity index (χ0) is 9.94. The second-order valence-electron chi connectivity index (χ2n) is 2.08. The molecule has 0 unspecified atom stereocenters. The van der Waals surface area contributed by atoms with Gasteiger partial charge >= 0.3 is 0 Å². The molecule has 0 N–H and O–H groups in total. The first-order chi connectivity index (χ1) is 6.35. The molecule has 0 radical (unpaired) electrons. The largest absolute Gasteiger partial charge is 0.333 e. The first kappa shape index (κ1) is 11.9. The summed E-state index contributed by atoms with van der Waals surface area (Å²) in [6.45, 7) is -0.245. The highest BCUT2D eigenvalue weighted by Crippen LogP contribution is 1.97. The molecule has 0 aromatic heterocycles. The number of ether oxygens (including phenoxy) is 3. The highest BCUT2D eigenvalue weighted by atomic mass is 16.8. The van der Waals surface area contributed by atoms with Crippen molar-refractivity contribution in [2.75, 3.05) is 20.3 Å². The SMILES string of the molecule is COC(OCCC#N)OCCC#N. The second kappa shape index (κ2) is 8.95. The van der Waals surface area contributed by atoms with Crippen molar-refractivity contribution < 1.29 is 14.2 Å². The minimum absolute atomic E-state index is 0.265. The third-order valence-corrected chi connectivity index (χ3v) is 1.13. The Morgan fingerprint density at radius 2 is 1.54 bits per heavy atom. The maximum absolute atomic E-state index is 8.21. The van der Waals surface area contributed by atoms with Crippen LogP contribution in [0.5, 0.6) is 0 Å². The molecule has 0 spiro atoms. The van der Waals surface area contributed by atoms with Crippen LogP contribution in [0.3, 0.4) is 0 Å². The van der Waals surface area contributed by atoms with E-state index in [2.05, 4.69) is 0 Å². The lowest BCUT2D eigenvalue weighted by atomic mass is 10.5. The van der Waals surface area contributed by atoms with E-state index >= 15 is 0 Å². The number of methoxy groups -OCH3 is 1. The lowest BCUT2D eigenvalue weighted by Gasteiger charge is -2.14. The van der Waals surface area contributed by atoms with Crippen LogP contribution in [0.4, 0.5) is 0 Å². The van der Waals surface area contributed by atoms with Crippen molar-refractivity contribution in [3.05, 3.63) is 0 Å². The van der Waals surface area contributed by atoms with E-state index in [9.17, 15) is 0 Å². The molecule has 0 amide bonds. The lowest BCUT2D eigenvalue weighted by Crippen LogP contribution is -2.20. The van der Waals surface area contributed by atoms with E-state index < -0.39 is 6.48 Å². The molecule has 0 aromatic carbocycles. The van der Waals surface area contributed by atoms with Crippen LogP contribution in [0.2, 0.25) is 0 Å². The third kappa shape index (κ3) is 7.23. The van der Waals surface area contributed by atoms with Crippen molar-refractivity contribution >= 4 is 0 Å². The van der Waals surface area contributed by atoms with Crippen molar-refractivity contribution in [3.63, 3.8) is 0 Å². The van der Waals surface area contributed by atoms with Gasteiger partial charge in [-0.15, -0.1) is 0 Å². The Morgan fingerprint density at radius 3 is 1.85 bits per heavy atom. The zero-order valence-corrected chi connectivity index (χ0v) is 7.52. The fourth-order valence-electron chi connectivity index (χ4n) is 0.586. The second-order valence-corrected chi connectivity index (χ2v) is 2.08. The Balaban J connectivity index is 3.41. The van der Waals surface area contributed by atoms with Crippen LogP contribution in [0.15, 0.2) is 0 Å². The molecule has 0 aliphatic heterocycles. The molecular weight excluding hydrogens is 172 g/mol. The summed E-state index contributed by atoms with van der Waals surface area (Å²) in [7, 11) is 1.43.